The molecule has 4 rings (SSSR count). The Morgan fingerprint density at radius 3 is 2.12 bits per heavy atom. The first-order valence-electron chi connectivity index (χ1n) is 13.2. The van der Waals surface area contributed by atoms with Crippen molar-refractivity contribution in [1.82, 2.24) is 10.0 Å². The van der Waals surface area contributed by atoms with Gasteiger partial charge in [0.25, 0.3) is 5.91 Å². The molecule has 0 spiro atoms. The first-order valence-corrected chi connectivity index (χ1v) is 14.7. The molecule has 1 amide bonds. The summed E-state index contributed by atoms with van der Waals surface area (Å²) in [5.41, 5.74) is 2.67. The Hall–Kier alpha value is -4.73. The minimum Gasteiger partial charge on any atom is -0.493 e. The van der Waals surface area contributed by atoms with Crippen LogP contribution in [-0.2, 0) is 21.2 Å². The topological polar surface area (TPSA) is 111 Å². The summed E-state index contributed by atoms with van der Waals surface area (Å²) in [4.78, 5) is 26.9. The van der Waals surface area contributed by atoms with Gasteiger partial charge in [-0.3, -0.25) is 9.59 Å². The number of rotatable bonds is 13. The third-order valence-corrected chi connectivity index (χ3v) is 7.95. The van der Waals surface area contributed by atoms with Gasteiger partial charge in [-0.2, -0.15) is 0 Å². The molecule has 0 unspecified atom stereocenters. The van der Waals surface area contributed by atoms with Crippen LogP contribution in [0.2, 0.25) is 0 Å². The second-order valence-electron chi connectivity index (χ2n) is 9.35. The first kappa shape index (κ1) is 30.2. The van der Waals surface area contributed by atoms with Crippen molar-refractivity contribution in [3.8, 4) is 11.5 Å². The molecule has 1 atom stereocenters. The van der Waals surface area contributed by atoms with E-state index < -0.39 is 34.3 Å². The van der Waals surface area contributed by atoms with E-state index in [1.54, 1.807) is 62.8 Å². The number of amides is 1. The summed E-state index contributed by atoms with van der Waals surface area (Å²) in [7, 11) is -0.776. The molecule has 0 heterocycles. The van der Waals surface area contributed by atoms with Crippen molar-refractivity contribution in [3.63, 3.8) is 0 Å². The molecule has 9 heteroatoms. The minimum absolute atomic E-state index is 0.0524. The SMILES string of the molecule is COc1ccc(C=Cc2ccccc2C(=O)N[C@@H](Cc2ccccc2)C(=O)CNS(=O)(=O)c2ccccc2)cc1OC. The van der Waals surface area contributed by atoms with Crippen LogP contribution in [0.5, 0.6) is 11.5 Å². The molecule has 0 radical (unpaired) electrons. The smallest absolute Gasteiger partial charge is 0.252 e. The Labute approximate surface area is 246 Å². The summed E-state index contributed by atoms with van der Waals surface area (Å²) in [6.07, 6.45) is 3.85. The van der Waals surface area contributed by atoms with Crippen molar-refractivity contribution < 1.29 is 27.5 Å². The van der Waals surface area contributed by atoms with E-state index in [0.29, 0.717) is 22.6 Å². The lowest BCUT2D eigenvalue weighted by molar-refractivity contribution is -0.119. The number of hydrogen-bond donors (Lipinski definition) is 2. The molecule has 4 aromatic carbocycles. The predicted octanol–water partition coefficient (Wildman–Crippen LogP) is 4.76. The van der Waals surface area contributed by atoms with Crippen molar-refractivity contribution in [3.05, 3.63) is 125 Å². The summed E-state index contributed by atoms with van der Waals surface area (Å²) in [6, 6.07) is 28.6. The Morgan fingerprint density at radius 1 is 0.786 bits per heavy atom. The van der Waals surface area contributed by atoms with Crippen LogP contribution in [0.1, 0.15) is 27.0 Å². The van der Waals surface area contributed by atoms with Gasteiger partial charge < -0.3 is 14.8 Å². The van der Waals surface area contributed by atoms with Crippen LogP contribution in [0.25, 0.3) is 12.2 Å². The zero-order valence-electron chi connectivity index (χ0n) is 23.3. The van der Waals surface area contributed by atoms with Crippen LogP contribution in [0.4, 0.5) is 0 Å². The number of methoxy groups -OCH3 is 2. The van der Waals surface area contributed by atoms with Crippen LogP contribution in [-0.4, -0.2) is 46.9 Å². The number of carbonyl (C=O) groups is 2. The van der Waals surface area contributed by atoms with Gasteiger partial charge in [-0.15, -0.1) is 0 Å². The average Bonchev–Trinajstić information content (AvgIpc) is 3.03. The van der Waals surface area contributed by atoms with Gasteiger partial charge in [-0.1, -0.05) is 84.9 Å². The predicted molar refractivity (Wildman–Crippen MR) is 163 cm³/mol. The highest BCUT2D eigenvalue weighted by atomic mass is 32.2. The van der Waals surface area contributed by atoms with Gasteiger partial charge in [-0.05, 0) is 53.4 Å². The molecule has 0 aliphatic carbocycles. The quantitative estimate of drug-likeness (QED) is 0.219. The lowest BCUT2D eigenvalue weighted by Gasteiger charge is -2.19. The molecule has 0 aliphatic rings. The Balaban J connectivity index is 1.54. The maximum atomic E-state index is 13.5. The number of carbonyl (C=O) groups excluding carboxylic acids is 2. The van der Waals surface area contributed by atoms with Crippen LogP contribution in [0.3, 0.4) is 0 Å². The maximum absolute atomic E-state index is 13.5. The fourth-order valence-corrected chi connectivity index (χ4v) is 5.31. The molecule has 0 aromatic heterocycles. The molecule has 0 saturated heterocycles. The number of Topliss-reactive ketones (excluding diaryl/α,β-unsaturated/α-hetero) is 1. The van der Waals surface area contributed by atoms with Gasteiger partial charge in [0.1, 0.15) is 0 Å². The lowest BCUT2D eigenvalue weighted by Crippen LogP contribution is -2.46. The van der Waals surface area contributed by atoms with Crippen LogP contribution in [0, 0.1) is 0 Å². The van der Waals surface area contributed by atoms with Crippen molar-refractivity contribution in [2.24, 2.45) is 0 Å². The summed E-state index contributed by atoms with van der Waals surface area (Å²) < 4.78 is 38.4. The highest BCUT2D eigenvalue weighted by Gasteiger charge is 2.25. The van der Waals surface area contributed by atoms with E-state index >= 15 is 0 Å². The number of sulfonamides is 1. The van der Waals surface area contributed by atoms with E-state index in [9.17, 15) is 18.0 Å². The zero-order chi connectivity index (χ0) is 30.0. The van der Waals surface area contributed by atoms with Crippen LogP contribution >= 0.6 is 0 Å². The molecule has 0 saturated carbocycles. The van der Waals surface area contributed by atoms with Gasteiger partial charge in [-0.25, -0.2) is 13.1 Å². The van der Waals surface area contributed by atoms with E-state index in [1.165, 1.54) is 12.1 Å². The number of nitrogens with one attached hydrogen (secondary N) is 2. The van der Waals surface area contributed by atoms with Gasteiger partial charge in [0, 0.05) is 5.56 Å². The molecule has 0 fully saturated rings. The van der Waals surface area contributed by atoms with Crippen LogP contribution in [0.15, 0.2) is 108 Å². The van der Waals surface area contributed by atoms with Gasteiger partial charge in [0.05, 0.1) is 31.7 Å². The number of ether oxygens (including phenoxy) is 2. The minimum atomic E-state index is -3.90. The zero-order valence-corrected chi connectivity index (χ0v) is 24.1. The molecule has 8 nitrogen and oxygen atoms in total. The highest BCUT2D eigenvalue weighted by molar-refractivity contribution is 7.89. The normalized spacial score (nSPS) is 12.0. The van der Waals surface area contributed by atoms with Crippen molar-refractivity contribution >= 4 is 33.9 Å². The van der Waals surface area contributed by atoms with E-state index in [2.05, 4.69) is 10.0 Å². The number of ketones is 1. The lowest BCUT2D eigenvalue weighted by atomic mass is 10.0. The molecule has 4 aromatic rings. The fourth-order valence-electron chi connectivity index (χ4n) is 4.30. The van der Waals surface area contributed by atoms with E-state index in [0.717, 1.165) is 11.1 Å². The molecule has 2 N–H and O–H groups in total. The molecule has 0 bridgehead atoms. The molecule has 216 valence electrons. The standard InChI is InChI=1S/C33H32N2O6S/c1-40-31-20-18-25(22-32(31)41-2)17-19-26-13-9-10-16-28(26)33(37)35-29(21-24-11-5-3-6-12-24)30(36)23-34-42(38,39)27-14-7-4-8-15-27/h3-20,22,29,34H,21,23H2,1-2H3,(H,35,37)/t29-/m0/s1. The van der Waals surface area contributed by atoms with E-state index in [-0.39, 0.29) is 11.3 Å². The average molecular weight is 585 g/mol. The third-order valence-electron chi connectivity index (χ3n) is 6.53. The second-order valence-corrected chi connectivity index (χ2v) is 11.1. The van der Waals surface area contributed by atoms with Crippen molar-refractivity contribution in [2.45, 2.75) is 17.4 Å². The second kappa shape index (κ2) is 14.2. The third kappa shape index (κ3) is 7.93. The summed E-state index contributed by atoms with van der Waals surface area (Å²) >= 11 is 0. The molecule has 42 heavy (non-hydrogen) atoms. The van der Waals surface area contributed by atoms with Gasteiger partial charge in [0.15, 0.2) is 17.3 Å². The van der Waals surface area contributed by atoms with Crippen LogP contribution < -0.4 is 19.5 Å². The summed E-state index contributed by atoms with van der Waals surface area (Å²) in [5, 5.41) is 2.84. The van der Waals surface area contributed by atoms with Crippen molar-refractivity contribution in [2.75, 3.05) is 20.8 Å². The largest absolute Gasteiger partial charge is 0.493 e. The van der Waals surface area contributed by atoms with E-state index in [1.807, 2.05) is 54.6 Å². The fraction of sp³-hybridized carbons (Fsp3) is 0.152. The monoisotopic (exact) mass is 584 g/mol. The molecular formula is C33H32N2O6S. The molecule has 0 aliphatic heterocycles. The summed E-state index contributed by atoms with van der Waals surface area (Å²) in [6.45, 7) is -0.476. The Bertz CT molecular complexity index is 1650. The first-order chi connectivity index (χ1) is 20.3. The highest BCUT2D eigenvalue weighted by Crippen LogP contribution is 2.28. The van der Waals surface area contributed by atoms with Gasteiger partial charge in [0.2, 0.25) is 10.0 Å². The van der Waals surface area contributed by atoms with Gasteiger partial charge >= 0.3 is 0 Å². The Morgan fingerprint density at radius 2 is 1.43 bits per heavy atom. The number of hydrogen-bond acceptors (Lipinski definition) is 6. The Kier molecular flexibility index (Phi) is 10.3. The maximum Gasteiger partial charge on any atom is 0.252 e. The van der Waals surface area contributed by atoms with Crippen molar-refractivity contribution in [1.29, 1.82) is 0 Å². The van der Waals surface area contributed by atoms with E-state index in [4.69, 9.17) is 9.47 Å². The molecular weight excluding hydrogens is 552 g/mol. The number of benzene rings is 4. The summed E-state index contributed by atoms with van der Waals surface area (Å²) in [5.74, 6) is 0.262.